The highest BCUT2D eigenvalue weighted by atomic mass is 16.4. The summed E-state index contributed by atoms with van der Waals surface area (Å²) in [5, 5.41) is 31.4. The van der Waals surface area contributed by atoms with Crippen LogP contribution < -0.4 is 37.6 Å². The first-order valence-electron chi connectivity index (χ1n) is 11.9. The smallest absolute Gasteiger partial charge is 0.326 e. The van der Waals surface area contributed by atoms with Crippen LogP contribution in [-0.2, 0) is 38.4 Å². The van der Waals surface area contributed by atoms with Gasteiger partial charge in [-0.1, -0.05) is 0 Å². The molecule has 17 heteroatoms. The third-order valence-corrected chi connectivity index (χ3v) is 5.17. The molecule has 0 radical (unpaired) electrons. The first kappa shape index (κ1) is 34.7. The standard InChI is InChI=1S/C22H37N7O10/c1-8(23)16(32)24-9(2)17(33)25-10(3)18(34)26-11(4)19(35)27-12(5)20(36)28-13(6)21(37)29-14(22(38)39)7-15(30)31/h8-14H,7,23H2,1-6H3,(H,24,32)(H,25,33)(H,26,34)(H,27,35)(H,28,36)(H,29,37)(H,30,31)(H,38,39)/t8-,9-,10-,11-,12-,13-,14-/m0/s1. The van der Waals surface area contributed by atoms with Gasteiger partial charge in [-0.25, -0.2) is 4.79 Å². The van der Waals surface area contributed by atoms with E-state index in [4.69, 9.17) is 15.9 Å². The molecule has 17 nitrogen and oxygen atoms in total. The SMILES string of the molecule is C[C@H](N)C(=O)N[C@@H](C)C(=O)N[C@@H](C)C(=O)N[C@@H](C)C(=O)N[C@@H](C)C(=O)N[C@@H](C)C(=O)N[C@@H](CC(=O)O)C(=O)O. The van der Waals surface area contributed by atoms with Gasteiger partial charge >= 0.3 is 11.9 Å². The van der Waals surface area contributed by atoms with Crippen molar-refractivity contribution in [2.24, 2.45) is 5.73 Å². The zero-order valence-electron chi connectivity index (χ0n) is 22.5. The number of hydrogen-bond donors (Lipinski definition) is 9. The molecule has 0 aliphatic carbocycles. The first-order chi connectivity index (χ1) is 17.9. The number of carboxylic acid groups (broad SMARTS) is 2. The molecule has 39 heavy (non-hydrogen) atoms. The van der Waals surface area contributed by atoms with E-state index in [2.05, 4.69) is 26.6 Å². The summed E-state index contributed by atoms with van der Waals surface area (Å²) < 4.78 is 0. The van der Waals surface area contributed by atoms with E-state index in [1.807, 2.05) is 5.32 Å². The second-order valence-corrected chi connectivity index (χ2v) is 8.94. The van der Waals surface area contributed by atoms with Gasteiger partial charge in [-0.2, -0.15) is 0 Å². The van der Waals surface area contributed by atoms with E-state index in [1.54, 1.807) is 0 Å². The number of nitrogens with two attached hydrogens (primary N) is 1. The number of nitrogens with one attached hydrogen (secondary N) is 6. The van der Waals surface area contributed by atoms with Crippen LogP contribution in [0.3, 0.4) is 0 Å². The Kier molecular flexibility index (Phi) is 14.1. The van der Waals surface area contributed by atoms with Crippen molar-refractivity contribution in [1.82, 2.24) is 31.9 Å². The minimum Gasteiger partial charge on any atom is -0.481 e. The maximum absolute atomic E-state index is 12.4. The summed E-state index contributed by atoms with van der Waals surface area (Å²) in [7, 11) is 0. The van der Waals surface area contributed by atoms with Gasteiger partial charge in [-0.05, 0) is 41.5 Å². The highest BCUT2D eigenvalue weighted by Crippen LogP contribution is 1.97. The van der Waals surface area contributed by atoms with Crippen LogP contribution in [-0.4, -0.2) is 99.9 Å². The van der Waals surface area contributed by atoms with Gasteiger partial charge in [0.25, 0.3) is 0 Å². The van der Waals surface area contributed by atoms with Gasteiger partial charge in [-0.3, -0.25) is 33.6 Å². The third kappa shape index (κ3) is 12.7. The van der Waals surface area contributed by atoms with Crippen LogP contribution in [0.15, 0.2) is 0 Å². The van der Waals surface area contributed by atoms with Crippen molar-refractivity contribution in [2.75, 3.05) is 0 Å². The van der Waals surface area contributed by atoms with Crippen molar-refractivity contribution in [3.63, 3.8) is 0 Å². The molecule has 0 fully saturated rings. The fourth-order valence-corrected chi connectivity index (χ4v) is 2.70. The van der Waals surface area contributed by atoms with Crippen LogP contribution in [0.25, 0.3) is 0 Å². The number of amides is 6. The zero-order valence-corrected chi connectivity index (χ0v) is 22.5. The quantitative estimate of drug-likeness (QED) is 0.0929. The lowest BCUT2D eigenvalue weighted by atomic mass is 10.2. The summed E-state index contributed by atoms with van der Waals surface area (Å²) >= 11 is 0. The molecule has 0 aromatic carbocycles. The Hall–Kier alpha value is -4.28. The Balaban J connectivity index is 4.81. The first-order valence-corrected chi connectivity index (χ1v) is 11.9. The molecule has 0 saturated carbocycles. The van der Waals surface area contributed by atoms with Crippen molar-refractivity contribution < 1.29 is 48.6 Å². The van der Waals surface area contributed by atoms with E-state index in [0.29, 0.717) is 0 Å². The van der Waals surface area contributed by atoms with E-state index in [9.17, 15) is 38.4 Å². The molecule has 0 spiro atoms. The minimum atomic E-state index is -1.71. The summed E-state index contributed by atoms with van der Waals surface area (Å²) in [5.74, 6) is -7.52. The van der Waals surface area contributed by atoms with E-state index < -0.39 is 96.1 Å². The number of hydrogen-bond acceptors (Lipinski definition) is 9. The molecule has 0 rings (SSSR count). The second kappa shape index (κ2) is 15.9. The van der Waals surface area contributed by atoms with Crippen LogP contribution in [0.4, 0.5) is 0 Å². The molecule has 10 N–H and O–H groups in total. The summed E-state index contributed by atoms with van der Waals surface area (Å²) in [4.78, 5) is 94.9. The van der Waals surface area contributed by atoms with Crippen LogP contribution in [0.2, 0.25) is 0 Å². The summed E-state index contributed by atoms with van der Waals surface area (Å²) in [6, 6.07) is -8.20. The molecule has 0 saturated heterocycles. The molecule has 0 unspecified atom stereocenters. The maximum atomic E-state index is 12.4. The summed E-state index contributed by atoms with van der Waals surface area (Å²) in [6.45, 7) is 8.02. The minimum absolute atomic E-state index is 0.559. The monoisotopic (exact) mass is 559 g/mol. The van der Waals surface area contributed by atoms with Gasteiger partial charge < -0.3 is 47.8 Å². The van der Waals surface area contributed by atoms with Crippen LogP contribution in [0.5, 0.6) is 0 Å². The lowest BCUT2D eigenvalue weighted by Gasteiger charge is -2.23. The Morgan fingerprint density at radius 1 is 0.513 bits per heavy atom. The summed E-state index contributed by atoms with van der Waals surface area (Å²) in [5.41, 5.74) is 5.42. The number of aliphatic carboxylic acids is 2. The van der Waals surface area contributed by atoms with Crippen molar-refractivity contribution in [3.8, 4) is 0 Å². The zero-order chi connectivity index (χ0) is 30.6. The van der Waals surface area contributed by atoms with Crippen molar-refractivity contribution in [2.45, 2.75) is 90.3 Å². The van der Waals surface area contributed by atoms with Gasteiger partial charge in [0.15, 0.2) is 0 Å². The van der Waals surface area contributed by atoms with Crippen molar-refractivity contribution >= 4 is 47.4 Å². The molecule has 0 heterocycles. The van der Waals surface area contributed by atoms with Gasteiger partial charge in [0.05, 0.1) is 12.5 Å². The predicted octanol–water partition coefficient (Wildman–Crippen LogP) is -4.10. The second-order valence-electron chi connectivity index (χ2n) is 8.94. The predicted molar refractivity (Wildman–Crippen MR) is 133 cm³/mol. The topological polar surface area (TPSA) is 275 Å². The molecular weight excluding hydrogens is 522 g/mol. The number of carboxylic acids is 2. The largest absolute Gasteiger partial charge is 0.481 e. The Labute approximate surface area is 224 Å². The number of carbonyl (C=O) groups is 8. The fraction of sp³-hybridized carbons (Fsp3) is 0.636. The molecule has 0 aromatic heterocycles. The maximum Gasteiger partial charge on any atom is 0.326 e. The molecule has 0 bridgehead atoms. The van der Waals surface area contributed by atoms with Gasteiger partial charge in [0.1, 0.15) is 36.3 Å². The lowest BCUT2D eigenvalue weighted by molar-refractivity contribution is -0.147. The van der Waals surface area contributed by atoms with Crippen molar-refractivity contribution in [3.05, 3.63) is 0 Å². The number of carbonyl (C=O) groups excluding carboxylic acids is 6. The molecule has 0 aliphatic rings. The van der Waals surface area contributed by atoms with Gasteiger partial charge in [0.2, 0.25) is 35.4 Å². The van der Waals surface area contributed by atoms with Crippen LogP contribution >= 0.6 is 0 Å². The third-order valence-electron chi connectivity index (χ3n) is 5.17. The van der Waals surface area contributed by atoms with E-state index in [-0.39, 0.29) is 0 Å². The average molecular weight is 560 g/mol. The average Bonchev–Trinajstić information content (AvgIpc) is 2.82. The Bertz CT molecular complexity index is 971. The van der Waals surface area contributed by atoms with E-state index in [1.165, 1.54) is 41.5 Å². The normalized spacial score (nSPS) is 16.0. The molecule has 0 aromatic rings. The molecule has 220 valence electrons. The molecule has 0 aliphatic heterocycles. The van der Waals surface area contributed by atoms with Crippen LogP contribution in [0, 0.1) is 0 Å². The highest BCUT2D eigenvalue weighted by Gasteiger charge is 2.29. The molecule has 6 amide bonds. The lowest BCUT2D eigenvalue weighted by Crippen LogP contribution is -2.57. The Morgan fingerprint density at radius 3 is 1.00 bits per heavy atom. The molecule has 7 atom stereocenters. The van der Waals surface area contributed by atoms with E-state index >= 15 is 0 Å². The van der Waals surface area contributed by atoms with Gasteiger partial charge in [0, 0.05) is 0 Å². The number of rotatable bonds is 15. The summed E-state index contributed by atoms with van der Waals surface area (Å²) in [6.07, 6.45) is -0.872. The van der Waals surface area contributed by atoms with E-state index in [0.717, 1.165) is 0 Å². The highest BCUT2D eigenvalue weighted by molar-refractivity contribution is 5.96. The van der Waals surface area contributed by atoms with Crippen molar-refractivity contribution in [1.29, 1.82) is 0 Å². The molecular formula is C22H37N7O10. The van der Waals surface area contributed by atoms with Crippen LogP contribution in [0.1, 0.15) is 48.0 Å². The Morgan fingerprint density at radius 2 is 0.769 bits per heavy atom. The van der Waals surface area contributed by atoms with Gasteiger partial charge in [-0.15, -0.1) is 0 Å². The fourth-order valence-electron chi connectivity index (χ4n) is 2.70.